The van der Waals surface area contributed by atoms with E-state index in [0.717, 1.165) is 0 Å². The van der Waals surface area contributed by atoms with Crippen molar-refractivity contribution >= 4 is 22.8 Å². The number of benzene rings is 2. The quantitative estimate of drug-likeness (QED) is 0.653. The van der Waals surface area contributed by atoms with Crippen molar-refractivity contribution in [2.24, 2.45) is 0 Å². The van der Waals surface area contributed by atoms with Crippen LogP contribution >= 0.6 is 0 Å². The molecule has 0 bridgehead atoms. The first-order valence-corrected chi connectivity index (χ1v) is 9.39. The number of para-hydroxylation sites is 2. The molecule has 2 heterocycles. The lowest BCUT2D eigenvalue weighted by Crippen LogP contribution is -2.49. The Morgan fingerprint density at radius 2 is 1.53 bits per heavy atom. The summed E-state index contributed by atoms with van der Waals surface area (Å²) in [6.45, 7) is 1.04. The summed E-state index contributed by atoms with van der Waals surface area (Å²) in [6.07, 6.45) is -4.62. The molecule has 0 atom stereocenters. The van der Waals surface area contributed by atoms with E-state index in [-0.39, 0.29) is 43.4 Å². The predicted octanol–water partition coefficient (Wildman–Crippen LogP) is 3.62. The minimum atomic E-state index is -4.62. The molecule has 1 saturated heterocycles. The summed E-state index contributed by atoms with van der Waals surface area (Å²) in [5.74, 6) is 0.279. The van der Waals surface area contributed by atoms with Gasteiger partial charge in [-0.25, -0.2) is 9.97 Å². The van der Waals surface area contributed by atoms with Crippen LogP contribution in [0.3, 0.4) is 0 Å². The highest BCUT2D eigenvalue weighted by Gasteiger charge is 2.39. The first-order valence-electron chi connectivity index (χ1n) is 9.39. The van der Waals surface area contributed by atoms with Gasteiger partial charge < -0.3 is 14.5 Å². The number of anilines is 1. The van der Waals surface area contributed by atoms with E-state index in [0.29, 0.717) is 16.8 Å². The van der Waals surface area contributed by atoms with Crippen molar-refractivity contribution in [3.63, 3.8) is 0 Å². The molecule has 30 heavy (non-hydrogen) atoms. The third kappa shape index (κ3) is 3.87. The molecule has 1 aliphatic rings. The van der Waals surface area contributed by atoms with Crippen LogP contribution in [-0.2, 0) is 6.18 Å². The van der Waals surface area contributed by atoms with Crippen molar-refractivity contribution < 1.29 is 22.7 Å². The van der Waals surface area contributed by atoms with Gasteiger partial charge in [-0.15, -0.1) is 0 Å². The Morgan fingerprint density at radius 3 is 2.10 bits per heavy atom. The maximum Gasteiger partial charge on any atom is 0.437 e. The van der Waals surface area contributed by atoms with Crippen molar-refractivity contribution in [1.82, 2.24) is 14.9 Å². The van der Waals surface area contributed by atoms with Crippen LogP contribution < -0.4 is 9.64 Å². The number of aromatic nitrogens is 2. The molecule has 1 aliphatic heterocycles. The number of fused-ring (bicyclic) bond motifs is 1. The number of hydrogen-bond donors (Lipinski definition) is 0. The van der Waals surface area contributed by atoms with Crippen LogP contribution in [0.5, 0.6) is 5.75 Å². The fourth-order valence-electron chi connectivity index (χ4n) is 3.44. The smallest absolute Gasteiger partial charge is 0.437 e. The van der Waals surface area contributed by atoms with E-state index in [1.165, 1.54) is 6.07 Å². The zero-order valence-electron chi connectivity index (χ0n) is 16.2. The largest absolute Gasteiger partial charge is 0.497 e. The molecule has 4 rings (SSSR count). The zero-order chi connectivity index (χ0) is 21.3. The number of carbonyl (C=O) groups excluding carboxylic acids is 1. The Bertz CT molecular complexity index is 1060. The standard InChI is InChI=1S/C21H19F3N4O2/c1-30-15-8-6-14(7-9-15)20(29)28-12-10-27(11-13-28)19-18(21(22,23)24)25-16-4-2-3-5-17(16)26-19/h2-9H,10-13H2,1H3. The summed E-state index contributed by atoms with van der Waals surface area (Å²) in [7, 11) is 1.54. The number of amides is 1. The second kappa shape index (κ2) is 7.81. The molecule has 6 nitrogen and oxygen atoms in total. The number of hydrogen-bond acceptors (Lipinski definition) is 5. The Balaban J connectivity index is 1.55. The molecule has 0 saturated carbocycles. The fourth-order valence-corrected chi connectivity index (χ4v) is 3.44. The molecule has 156 valence electrons. The van der Waals surface area contributed by atoms with E-state index < -0.39 is 11.9 Å². The fraction of sp³-hybridized carbons (Fsp3) is 0.286. The van der Waals surface area contributed by atoms with Gasteiger partial charge in [0.15, 0.2) is 11.5 Å². The second-order valence-electron chi connectivity index (χ2n) is 6.89. The van der Waals surface area contributed by atoms with Gasteiger partial charge in [-0.05, 0) is 36.4 Å². The lowest BCUT2D eigenvalue weighted by molar-refractivity contribution is -0.140. The summed E-state index contributed by atoms with van der Waals surface area (Å²) in [5, 5.41) is 0. The number of alkyl halides is 3. The third-order valence-electron chi connectivity index (χ3n) is 5.02. The third-order valence-corrected chi connectivity index (χ3v) is 5.02. The number of halogens is 3. The van der Waals surface area contributed by atoms with E-state index in [1.807, 2.05) is 0 Å². The number of carbonyl (C=O) groups is 1. The maximum absolute atomic E-state index is 13.6. The van der Waals surface area contributed by atoms with Gasteiger partial charge in [0.1, 0.15) is 5.75 Å². The van der Waals surface area contributed by atoms with Crippen molar-refractivity contribution in [2.75, 3.05) is 38.2 Å². The lowest BCUT2D eigenvalue weighted by Gasteiger charge is -2.36. The molecular formula is C21H19F3N4O2. The van der Waals surface area contributed by atoms with Gasteiger partial charge in [-0.1, -0.05) is 12.1 Å². The van der Waals surface area contributed by atoms with Crippen molar-refractivity contribution in [3.8, 4) is 5.75 Å². The van der Waals surface area contributed by atoms with Gasteiger partial charge in [-0.3, -0.25) is 4.79 Å². The maximum atomic E-state index is 13.6. The summed E-state index contributed by atoms with van der Waals surface area (Å²) in [4.78, 5) is 23.9. The van der Waals surface area contributed by atoms with Gasteiger partial charge in [0.25, 0.3) is 5.91 Å². The average molecular weight is 416 g/mol. The predicted molar refractivity (Wildman–Crippen MR) is 106 cm³/mol. The molecule has 0 unspecified atom stereocenters. The highest BCUT2D eigenvalue weighted by atomic mass is 19.4. The number of nitrogens with zero attached hydrogens (tertiary/aromatic N) is 4. The average Bonchev–Trinajstić information content (AvgIpc) is 2.77. The topological polar surface area (TPSA) is 58.6 Å². The van der Waals surface area contributed by atoms with E-state index in [4.69, 9.17) is 4.74 Å². The normalized spacial score (nSPS) is 14.8. The van der Waals surface area contributed by atoms with Crippen molar-refractivity contribution in [2.45, 2.75) is 6.18 Å². The number of piperazine rings is 1. The second-order valence-corrected chi connectivity index (χ2v) is 6.89. The van der Waals surface area contributed by atoms with E-state index >= 15 is 0 Å². The lowest BCUT2D eigenvalue weighted by atomic mass is 10.1. The Kier molecular flexibility index (Phi) is 5.19. The monoisotopic (exact) mass is 416 g/mol. The molecule has 0 radical (unpaired) electrons. The highest BCUT2D eigenvalue weighted by molar-refractivity contribution is 5.94. The van der Waals surface area contributed by atoms with Crippen LogP contribution in [0.25, 0.3) is 11.0 Å². The van der Waals surface area contributed by atoms with Crippen LogP contribution in [0.1, 0.15) is 16.1 Å². The van der Waals surface area contributed by atoms with Gasteiger partial charge in [0, 0.05) is 31.7 Å². The van der Waals surface area contributed by atoms with Crippen LogP contribution in [0.4, 0.5) is 19.0 Å². The molecule has 1 amide bonds. The van der Waals surface area contributed by atoms with Crippen molar-refractivity contribution in [3.05, 3.63) is 59.8 Å². The van der Waals surface area contributed by atoms with Crippen LogP contribution in [0.15, 0.2) is 48.5 Å². The number of rotatable bonds is 3. The molecule has 9 heteroatoms. The van der Waals surface area contributed by atoms with Crippen LogP contribution in [0, 0.1) is 0 Å². The van der Waals surface area contributed by atoms with E-state index in [2.05, 4.69) is 9.97 Å². The molecule has 1 fully saturated rings. The van der Waals surface area contributed by atoms with Crippen molar-refractivity contribution in [1.29, 1.82) is 0 Å². The molecule has 0 aliphatic carbocycles. The SMILES string of the molecule is COc1ccc(C(=O)N2CCN(c3nc4ccccc4nc3C(F)(F)F)CC2)cc1. The number of methoxy groups -OCH3 is 1. The Hall–Kier alpha value is -3.36. The summed E-state index contributed by atoms with van der Waals surface area (Å²) >= 11 is 0. The summed E-state index contributed by atoms with van der Waals surface area (Å²) in [5.41, 5.74) is 0.0981. The highest BCUT2D eigenvalue weighted by Crippen LogP contribution is 2.35. The van der Waals surface area contributed by atoms with Crippen LogP contribution in [-0.4, -0.2) is 54.1 Å². The van der Waals surface area contributed by atoms with E-state index in [9.17, 15) is 18.0 Å². The first-order chi connectivity index (χ1) is 14.4. The minimum Gasteiger partial charge on any atom is -0.497 e. The molecule has 3 aromatic rings. The van der Waals surface area contributed by atoms with Crippen LogP contribution in [0.2, 0.25) is 0 Å². The molecule has 2 aromatic carbocycles. The van der Waals surface area contributed by atoms with Gasteiger partial charge in [-0.2, -0.15) is 13.2 Å². The molecule has 0 spiro atoms. The van der Waals surface area contributed by atoms with Gasteiger partial charge in [0.05, 0.1) is 18.1 Å². The number of ether oxygens (including phenoxy) is 1. The van der Waals surface area contributed by atoms with Gasteiger partial charge in [0.2, 0.25) is 0 Å². The molecule has 0 N–H and O–H groups in total. The summed E-state index contributed by atoms with van der Waals surface area (Å²) in [6, 6.07) is 13.2. The first kappa shape index (κ1) is 19.9. The molecular weight excluding hydrogens is 397 g/mol. The Labute approximate surface area is 170 Å². The van der Waals surface area contributed by atoms with E-state index in [1.54, 1.807) is 59.4 Å². The minimum absolute atomic E-state index is 0.169. The summed E-state index contributed by atoms with van der Waals surface area (Å²) < 4.78 is 45.9. The zero-order valence-corrected chi connectivity index (χ0v) is 16.2. The Morgan fingerprint density at radius 1 is 0.933 bits per heavy atom. The van der Waals surface area contributed by atoms with Gasteiger partial charge >= 0.3 is 6.18 Å². The molecule has 1 aromatic heterocycles.